The summed E-state index contributed by atoms with van der Waals surface area (Å²) >= 11 is 3.40. The first-order chi connectivity index (χ1) is 11.1. The van der Waals surface area contributed by atoms with Crippen LogP contribution in [0, 0.1) is 0 Å². The molecule has 1 heterocycles. The maximum absolute atomic E-state index is 12.6. The van der Waals surface area contributed by atoms with Gasteiger partial charge in [-0.25, -0.2) is 0 Å². The summed E-state index contributed by atoms with van der Waals surface area (Å²) in [5, 5.41) is 0. The van der Waals surface area contributed by atoms with Crippen LogP contribution >= 0.6 is 15.9 Å². The molecule has 1 aliphatic rings. The van der Waals surface area contributed by atoms with Crippen LogP contribution in [0.3, 0.4) is 0 Å². The van der Waals surface area contributed by atoms with Gasteiger partial charge in [0.1, 0.15) is 5.69 Å². The molecule has 1 fully saturated rings. The molecule has 0 unspecified atom stereocenters. The molecule has 2 aromatic rings. The third-order valence-corrected chi connectivity index (χ3v) is 4.75. The van der Waals surface area contributed by atoms with Crippen molar-refractivity contribution in [2.45, 2.75) is 24.7 Å². The van der Waals surface area contributed by atoms with Crippen molar-refractivity contribution < 1.29 is 9.59 Å². The van der Waals surface area contributed by atoms with Crippen LogP contribution in [0.4, 0.5) is 0 Å². The van der Waals surface area contributed by atoms with Gasteiger partial charge in [-0.3, -0.25) is 25.4 Å². The Kier molecular flexibility index (Phi) is 4.43. The Balaban J connectivity index is 1.69. The molecule has 118 valence electrons. The zero-order chi connectivity index (χ0) is 16.3. The molecular weight excluding hydrogens is 358 g/mol. The second kappa shape index (κ2) is 6.50. The number of halogens is 1. The molecule has 0 spiro atoms. The number of pyridine rings is 1. The van der Waals surface area contributed by atoms with E-state index in [0.717, 1.165) is 29.3 Å². The summed E-state index contributed by atoms with van der Waals surface area (Å²) in [5.41, 5.74) is 5.66. The number of rotatable bonds is 3. The van der Waals surface area contributed by atoms with Gasteiger partial charge in [0, 0.05) is 10.7 Å². The van der Waals surface area contributed by atoms with Gasteiger partial charge in [-0.05, 0) is 42.7 Å². The molecule has 0 bridgehead atoms. The molecule has 0 saturated heterocycles. The highest BCUT2D eigenvalue weighted by molar-refractivity contribution is 9.10. The second-order valence-corrected chi connectivity index (χ2v) is 6.48. The average molecular weight is 374 g/mol. The molecule has 0 aliphatic heterocycles. The van der Waals surface area contributed by atoms with E-state index in [9.17, 15) is 9.59 Å². The van der Waals surface area contributed by atoms with Crippen molar-refractivity contribution in [3.05, 3.63) is 64.4 Å². The Hall–Kier alpha value is -2.21. The summed E-state index contributed by atoms with van der Waals surface area (Å²) in [6, 6.07) is 12.8. The molecule has 5 nitrogen and oxygen atoms in total. The van der Waals surface area contributed by atoms with Crippen LogP contribution in [-0.2, 0) is 10.2 Å². The van der Waals surface area contributed by atoms with Gasteiger partial charge in [0.2, 0.25) is 5.91 Å². The van der Waals surface area contributed by atoms with Gasteiger partial charge in [-0.2, -0.15) is 0 Å². The van der Waals surface area contributed by atoms with Crippen LogP contribution in [0.1, 0.15) is 35.3 Å². The summed E-state index contributed by atoms with van der Waals surface area (Å²) < 4.78 is 0.972. The summed E-state index contributed by atoms with van der Waals surface area (Å²) in [4.78, 5) is 28.5. The van der Waals surface area contributed by atoms with E-state index >= 15 is 0 Å². The summed E-state index contributed by atoms with van der Waals surface area (Å²) in [6.07, 6.45) is 4.09. The minimum absolute atomic E-state index is 0.185. The van der Waals surface area contributed by atoms with E-state index in [2.05, 4.69) is 31.8 Å². The quantitative estimate of drug-likeness (QED) is 0.812. The van der Waals surface area contributed by atoms with Crippen LogP contribution in [-0.4, -0.2) is 16.8 Å². The first-order valence-electron chi connectivity index (χ1n) is 7.40. The average Bonchev–Trinajstić information content (AvgIpc) is 2.54. The van der Waals surface area contributed by atoms with Crippen molar-refractivity contribution >= 4 is 27.7 Å². The summed E-state index contributed by atoms with van der Waals surface area (Å²) in [6.45, 7) is 0. The number of nitrogens with one attached hydrogen (secondary N) is 2. The van der Waals surface area contributed by atoms with Crippen molar-refractivity contribution in [3.8, 4) is 0 Å². The number of carbonyl (C=O) groups is 2. The van der Waals surface area contributed by atoms with Gasteiger partial charge in [-0.1, -0.05) is 40.5 Å². The van der Waals surface area contributed by atoms with Crippen LogP contribution in [0.25, 0.3) is 0 Å². The SMILES string of the molecule is O=C(NNC(=O)C1(c2ccc(Br)cc2)CCC1)c1ccccn1. The number of aromatic nitrogens is 1. The van der Waals surface area contributed by atoms with Gasteiger partial charge in [0.15, 0.2) is 0 Å². The smallest absolute Gasteiger partial charge is 0.272 e. The van der Waals surface area contributed by atoms with Gasteiger partial charge in [-0.15, -0.1) is 0 Å². The van der Waals surface area contributed by atoms with Crippen LogP contribution < -0.4 is 10.9 Å². The van der Waals surface area contributed by atoms with E-state index in [4.69, 9.17) is 0 Å². The zero-order valence-electron chi connectivity index (χ0n) is 12.4. The maximum atomic E-state index is 12.6. The summed E-state index contributed by atoms with van der Waals surface area (Å²) in [7, 11) is 0. The van der Waals surface area contributed by atoms with Crippen LogP contribution in [0.15, 0.2) is 53.1 Å². The lowest BCUT2D eigenvalue weighted by atomic mass is 9.64. The first kappa shape index (κ1) is 15.7. The molecule has 1 aliphatic carbocycles. The maximum Gasteiger partial charge on any atom is 0.288 e. The van der Waals surface area contributed by atoms with E-state index in [0.29, 0.717) is 0 Å². The van der Waals surface area contributed by atoms with Crippen molar-refractivity contribution in [3.63, 3.8) is 0 Å². The molecule has 1 saturated carbocycles. The highest BCUT2D eigenvalue weighted by atomic mass is 79.9. The van der Waals surface area contributed by atoms with E-state index in [1.54, 1.807) is 18.2 Å². The second-order valence-electron chi connectivity index (χ2n) is 5.57. The molecule has 6 heteroatoms. The minimum atomic E-state index is -0.557. The number of hydrogen-bond acceptors (Lipinski definition) is 3. The van der Waals surface area contributed by atoms with E-state index in [1.165, 1.54) is 6.20 Å². The molecule has 23 heavy (non-hydrogen) atoms. The lowest BCUT2D eigenvalue weighted by molar-refractivity contribution is -0.130. The molecule has 1 aromatic heterocycles. The monoisotopic (exact) mass is 373 g/mol. The van der Waals surface area contributed by atoms with Gasteiger partial charge < -0.3 is 0 Å². The Morgan fingerprint density at radius 2 is 1.78 bits per heavy atom. The highest BCUT2D eigenvalue weighted by Crippen LogP contribution is 2.44. The fraction of sp³-hybridized carbons (Fsp3) is 0.235. The van der Waals surface area contributed by atoms with Gasteiger partial charge in [0.05, 0.1) is 5.41 Å². The molecule has 0 atom stereocenters. The number of hydrogen-bond donors (Lipinski definition) is 2. The molecule has 3 rings (SSSR count). The number of carbonyl (C=O) groups excluding carboxylic acids is 2. The van der Waals surface area contributed by atoms with E-state index in [-0.39, 0.29) is 11.6 Å². The Morgan fingerprint density at radius 1 is 1.04 bits per heavy atom. The molecule has 2 amide bonds. The lowest BCUT2D eigenvalue weighted by Gasteiger charge is -2.40. The fourth-order valence-electron chi connectivity index (χ4n) is 2.74. The Labute approximate surface area is 142 Å². The fourth-order valence-corrected chi connectivity index (χ4v) is 3.00. The normalized spacial score (nSPS) is 15.3. The number of amides is 2. The Morgan fingerprint density at radius 3 is 2.35 bits per heavy atom. The molecular formula is C17H16BrN3O2. The third-order valence-electron chi connectivity index (χ3n) is 4.23. The molecule has 0 radical (unpaired) electrons. The highest BCUT2D eigenvalue weighted by Gasteiger charge is 2.45. The first-order valence-corrected chi connectivity index (χ1v) is 8.19. The number of nitrogens with zero attached hydrogens (tertiary/aromatic N) is 1. The summed E-state index contributed by atoms with van der Waals surface area (Å²) in [5.74, 6) is -0.611. The van der Waals surface area contributed by atoms with Gasteiger partial charge >= 0.3 is 0 Å². The van der Waals surface area contributed by atoms with Crippen LogP contribution in [0.2, 0.25) is 0 Å². The third kappa shape index (κ3) is 3.12. The topological polar surface area (TPSA) is 71.1 Å². The minimum Gasteiger partial charge on any atom is -0.272 e. The van der Waals surface area contributed by atoms with Crippen molar-refractivity contribution in [2.75, 3.05) is 0 Å². The largest absolute Gasteiger partial charge is 0.288 e. The van der Waals surface area contributed by atoms with E-state index < -0.39 is 11.3 Å². The van der Waals surface area contributed by atoms with Crippen molar-refractivity contribution in [1.29, 1.82) is 0 Å². The molecule has 1 aromatic carbocycles. The predicted octanol–water partition coefficient (Wildman–Crippen LogP) is 2.73. The van der Waals surface area contributed by atoms with Crippen molar-refractivity contribution in [1.82, 2.24) is 15.8 Å². The van der Waals surface area contributed by atoms with Crippen molar-refractivity contribution in [2.24, 2.45) is 0 Å². The number of hydrazine groups is 1. The number of benzene rings is 1. The van der Waals surface area contributed by atoms with E-state index in [1.807, 2.05) is 24.3 Å². The Bertz CT molecular complexity index is 712. The molecule has 2 N–H and O–H groups in total. The van der Waals surface area contributed by atoms with Crippen LogP contribution in [0.5, 0.6) is 0 Å². The van der Waals surface area contributed by atoms with Gasteiger partial charge in [0.25, 0.3) is 5.91 Å². The lowest BCUT2D eigenvalue weighted by Crippen LogP contribution is -2.54. The standard InChI is InChI=1S/C17H16BrN3O2/c18-13-7-5-12(6-8-13)17(9-3-10-17)16(23)21-20-15(22)14-4-1-2-11-19-14/h1-2,4-8,11H,3,9-10H2,(H,20,22)(H,21,23). The predicted molar refractivity (Wildman–Crippen MR) is 89.5 cm³/mol. The zero-order valence-corrected chi connectivity index (χ0v) is 14.0.